The molecule has 4 heteroatoms. The summed E-state index contributed by atoms with van der Waals surface area (Å²) in [4.78, 5) is 5.34. The first-order chi connectivity index (χ1) is 7.23. The molecule has 0 aliphatic heterocycles. The van der Waals surface area contributed by atoms with Gasteiger partial charge in [-0.15, -0.1) is 0 Å². The van der Waals surface area contributed by atoms with Crippen molar-refractivity contribution < 1.29 is 0 Å². The Hall–Kier alpha value is -0.610. The molecule has 3 nitrogen and oxygen atoms in total. The van der Waals surface area contributed by atoms with Crippen LogP contribution in [-0.4, -0.2) is 35.1 Å². The lowest BCUT2D eigenvalue weighted by Gasteiger charge is -2.26. The number of nitrogens with one attached hydrogen (secondary N) is 1. The second-order valence-corrected chi connectivity index (χ2v) is 6.10. The number of hydrogen-bond donors (Lipinski definition) is 1. The summed E-state index contributed by atoms with van der Waals surface area (Å²) < 4.78 is 3.05. The molecule has 0 amide bonds. The maximum Gasteiger partial charge on any atom is 0.177 e. The van der Waals surface area contributed by atoms with Crippen LogP contribution in [0.4, 0.5) is 0 Å². The predicted octanol–water partition coefficient (Wildman–Crippen LogP) is 2.97. The minimum atomic E-state index is 0.119. The quantitative estimate of drug-likeness (QED) is 0.823. The zero-order chi connectivity index (χ0) is 12.5. The third-order valence-electron chi connectivity index (χ3n) is 2.65. The van der Waals surface area contributed by atoms with Gasteiger partial charge in [0.1, 0.15) is 0 Å². The molecule has 0 spiro atoms. The van der Waals surface area contributed by atoms with E-state index in [4.69, 9.17) is 12.2 Å². The summed E-state index contributed by atoms with van der Waals surface area (Å²) in [6, 6.07) is 0.392. The molecule has 0 fully saturated rings. The van der Waals surface area contributed by atoms with E-state index >= 15 is 0 Å². The van der Waals surface area contributed by atoms with Gasteiger partial charge in [0.15, 0.2) is 4.77 Å². The van der Waals surface area contributed by atoms with Gasteiger partial charge < -0.3 is 14.5 Å². The van der Waals surface area contributed by atoms with E-state index in [9.17, 15) is 0 Å². The molecule has 1 N–H and O–H groups in total. The number of rotatable bonds is 3. The van der Waals surface area contributed by atoms with Crippen molar-refractivity contribution in [2.75, 3.05) is 20.6 Å². The van der Waals surface area contributed by atoms with E-state index in [0.29, 0.717) is 6.04 Å². The van der Waals surface area contributed by atoms with E-state index in [2.05, 4.69) is 56.2 Å². The first-order valence-electron chi connectivity index (χ1n) is 5.68. The van der Waals surface area contributed by atoms with Crippen molar-refractivity contribution in [2.45, 2.75) is 39.2 Å². The molecule has 16 heavy (non-hydrogen) atoms. The summed E-state index contributed by atoms with van der Waals surface area (Å²) in [7, 11) is 4.17. The molecule has 1 atom stereocenters. The highest BCUT2D eigenvalue weighted by Crippen LogP contribution is 2.25. The monoisotopic (exact) mass is 241 g/mol. The lowest BCUT2D eigenvalue weighted by atomic mass is 9.92. The van der Waals surface area contributed by atoms with Crippen molar-refractivity contribution in [1.82, 2.24) is 14.5 Å². The summed E-state index contributed by atoms with van der Waals surface area (Å²) >= 11 is 5.36. The minimum absolute atomic E-state index is 0.119. The molecule has 1 heterocycles. The molecular weight excluding hydrogens is 218 g/mol. The van der Waals surface area contributed by atoms with Gasteiger partial charge in [-0.25, -0.2) is 0 Å². The third kappa shape index (κ3) is 2.95. The Labute approximate surface area is 103 Å². The summed E-state index contributed by atoms with van der Waals surface area (Å²) in [5.74, 6) is 0. The highest BCUT2D eigenvalue weighted by Gasteiger charge is 2.21. The van der Waals surface area contributed by atoms with Crippen LogP contribution >= 0.6 is 12.2 Å². The molecule has 0 bridgehead atoms. The van der Waals surface area contributed by atoms with E-state index < -0.39 is 0 Å². The zero-order valence-electron chi connectivity index (χ0n) is 11.2. The minimum Gasteiger partial charge on any atom is -0.337 e. The van der Waals surface area contributed by atoms with Crippen molar-refractivity contribution in [2.24, 2.45) is 0 Å². The lowest BCUT2D eigenvalue weighted by Crippen LogP contribution is -2.26. The highest BCUT2D eigenvalue weighted by molar-refractivity contribution is 7.71. The van der Waals surface area contributed by atoms with Crippen LogP contribution in [0.1, 0.15) is 39.4 Å². The van der Waals surface area contributed by atoms with Crippen LogP contribution in [0, 0.1) is 4.77 Å². The van der Waals surface area contributed by atoms with Gasteiger partial charge >= 0.3 is 0 Å². The molecule has 1 aromatic rings. The summed E-state index contributed by atoms with van der Waals surface area (Å²) in [6.07, 6.45) is 2.04. The first-order valence-corrected chi connectivity index (χ1v) is 6.09. The Morgan fingerprint density at radius 1 is 1.44 bits per heavy atom. The Balaban J connectivity index is 3.12. The average Bonchev–Trinajstić information content (AvgIpc) is 2.44. The maximum absolute atomic E-state index is 5.36. The predicted molar refractivity (Wildman–Crippen MR) is 71.6 cm³/mol. The average molecular weight is 241 g/mol. The molecular formula is C12H23N3S. The second kappa shape index (κ2) is 4.72. The second-order valence-electron chi connectivity index (χ2n) is 5.71. The zero-order valence-corrected chi connectivity index (χ0v) is 12.0. The Morgan fingerprint density at radius 2 is 2.00 bits per heavy atom. The van der Waals surface area contributed by atoms with Crippen LogP contribution in [0.5, 0.6) is 0 Å². The van der Waals surface area contributed by atoms with Crippen LogP contribution in [0.15, 0.2) is 6.20 Å². The smallest absolute Gasteiger partial charge is 0.177 e. The summed E-state index contributed by atoms with van der Waals surface area (Å²) in [6.45, 7) is 9.84. The molecule has 0 radical (unpaired) electrons. The van der Waals surface area contributed by atoms with E-state index in [-0.39, 0.29) is 5.41 Å². The molecule has 0 saturated heterocycles. The number of nitrogens with zero attached hydrogens (tertiary/aromatic N) is 2. The van der Waals surface area contributed by atoms with Crippen LogP contribution < -0.4 is 0 Å². The van der Waals surface area contributed by atoms with Crippen molar-refractivity contribution in [3.63, 3.8) is 0 Å². The number of aromatic nitrogens is 2. The van der Waals surface area contributed by atoms with Gasteiger partial charge in [0, 0.05) is 29.9 Å². The first kappa shape index (κ1) is 13.5. The molecule has 0 saturated carbocycles. The fourth-order valence-corrected chi connectivity index (χ4v) is 2.34. The van der Waals surface area contributed by atoms with E-state index in [1.165, 1.54) is 5.69 Å². The Morgan fingerprint density at radius 3 is 2.44 bits per heavy atom. The summed E-state index contributed by atoms with van der Waals surface area (Å²) in [5.41, 5.74) is 1.39. The van der Waals surface area contributed by atoms with Crippen LogP contribution in [-0.2, 0) is 5.41 Å². The third-order valence-corrected chi connectivity index (χ3v) is 2.96. The van der Waals surface area contributed by atoms with Crippen LogP contribution in [0.25, 0.3) is 0 Å². The standard InChI is InChI=1S/C12H23N3S/c1-9(8-14(5)6)15-10(12(2,3)4)7-13-11(15)16/h7,9H,8H2,1-6H3,(H,13,16). The molecule has 1 rings (SSSR count). The largest absolute Gasteiger partial charge is 0.337 e. The van der Waals surface area contributed by atoms with Gasteiger partial charge in [0.05, 0.1) is 0 Å². The Kier molecular flexibility index (Phi) is 3.97. The number of aromatic amines is 1. The molecule has 1 unspecified atom stereocenters. The highest BCUT2D eigenvalue weighted by atomic mass is 32.1. The summed E-state index contributed by atoms with van der Waals surface area (Å²) in [5, 5.41) is 0. The number of likely N-dealkylation sites (N-methyl/N-ethyl adjacent to an activating group) is 1. The van der Waals surface area contributed by atoms with Gasteiger partial charge in [-0.05, 0) is 33.2 Å². The molecule has 0 aliphatic carbocycles. The maximum atomic E-state index is 5.36. The topological polar surface area (TPSA) is 24.0 Å². The fourth-order valence-electron chi connectivity index (χ4n) is 2.00. The van der Waals surface area contributed by atoms with Crippen molar-refractivity contribution >= 4 is 12.2 Å². The normalized spacial score (nSPS) is 14.4. The van der Waals surface area contributed by atoms with E-state index in [1.54, 1.807) is 0 Å². The molecule has 1 aromatic heterocycles. The van der Waals surface area contributed by atoms with Gasteiger partial charge in [0.2, 0.25) is 0 Å². The fraction of sp³-hybridized carbons (Fsp3) is 0.750. The van der Waals surface area contributed by atoms with Gasteiger partial charge in [-0.1, -0.05) is 20.8 Å². The van der Waals surface area contributed by atoms with Gasteiger partial charge in [-0.3, -0.25) is 0 Å². The molecule has 92 valence electrons. The number of H-pyrrole nitrogens is 1. The molecule has 0 aromatic carbocycles. The molecule has 0 aliphatic rings. The van der Waals surface area contributed by atoms with E-state index in [0.717, 1.165) is 11.3 Å². The van der Waals surface area contributed by atoms with Crippen molar-refractivity contribution in [3.05, 3.63) is 16.7 Å². The SMILES string of the molecule is CC(CN(C)C)n1c(C(C)(C)C)c[nH]c1=S. The van der Waals surface area contributed by atoms with Gasteiger partial charge in [-0.2, -0.15) is 0 Å². The lowest BCUT2D eigenvalue weighted by molar-refractivity contribution is 0.324. The number of imidazole rings is 1. The van der Waals surface area contributed by atoms with Crippen molar-refractivity contribution in [1.29, 1.82) is 0 Å². The van der Waals surface area contributed by atoms with Crippen LogP contribution in [0.3, 0.4) is 0 Å². The number of hydrogen-bond acceptors (Lipinski definition) is 2. The van der Waals surface area contributed by atoms with Crippen molar-refractivity contribution in [3.8, 4) is 0 Å². The van der Waals surface area contributed by atoms with Gasteiger partial charge in [0.25, 0.3) is 0 Å². The van der Waals surface area contributed by atoms with Crippen LogP contribution in [0.2, 0.25) is 0 Å². The van der Waals surface area contributed by atoms with E-state index in [1.807, 2.05) is 6.20 Å². The Bertz CT molecular complexity index is 395.